The van der Waals surface area contributed by atoms with Gasteiger partial charge < -0.3 is 14.9 Å². The molecule has 0 aliphatic rings. The average molecular weight is 275 g/mol. The minimum atomic E-state index is -0.898. The zero-order chi connectivity index (χ0) is 14.5. The van der Waals surface area contributed by atoms with Gasteiger partial charge in [-0.2, -0.15) is 0 Å². The van der Waals surface area contributed by atoms with Crippen molar-refractivity contribution < 1.29 is 19.2 Å². The van der Waals surface area contributed by atoms with Crippen molar-refractivity contribution in [3.05, 3.63) is 41.7 Å². The fourth-order valence-electron chi connectivity index (χ4n) is 1.58. The lowest BCUT2D eigenvalue weighted by molar-refractivity contribution is -0.136. The number of carboxylic acid groups (broad SMARTS) is 1. The number of aromatic nitrogens is 1. The standard InChI is InChI=1S/C13H13N3O4/c1-8-6-11(16-20-8)15-13(19)14-10-4-2-9(3-5-10)7-12(17)18/h2-6H,7H2,1H3,(H,17,18)(H2,14,15,16,19). The number of rotatable bonds is 4. The van der Waals surface area contributed by atoms with Gasteiger partial charge in [-0.05, 0) is 24.6 Å². The largest absolute Gasteiger partial charge is 0.481 e. The highest BCUT2D eigenvalue weighted by atomic mass is 16.5. The molecule has 0 bridgehead atoms. The molecule has 2 aromatic rings. The predicted molar refractivity (Wildman–Crippen MR) is 71.7 cm³/mol. The van der Waals surface area contributed by atoms with Gasteiger partial charge in [0.15, 0.2) is 5.82 Å². The molecule has 1 heterocycles. The highest BCUT2D eigenvalue weighted by molar-refractivity contribution is 5.99. The van der Waals surface area contributed by atoms with Crippen LogP contribution in [0.1, 0.15) is 11.3 Å². The van der Waals surface area contributed by atoms with Crippen molar-refractivity contribution in [1.29, 1.82) is 0 Å². The van der Waals surface area contributed by atoms with Crippen LogP contribution < -0.4 is 10.6 Å². The number of nitrogens with zero attached hydrogens (tertiary/aromatic N) is 1. The number of anilines is 2. The lowest BCUT2D eigenvalue weighted by Crippen LogP contribution is -2.19. The summed E-state index contributed by atoms with van der Waals surface area (Å²) in [5, 5.41) is 17.4. The summed E-state index contributed by atoms with van der Waals surface area (Å²) >= 11 is 0. The lowest BCUT2D eigenvalue weighted by atomic mass is 10.1. The number of carboxylic acids is 1. The van der Waals surface area contributed by atoms with E-state index >= 15 is 0 Å². The van der Waals surface area contributed by atoms with Crippen LogP contribution in [0.2, 0.25) is 0 Å². The first-order valence-corrected chi connectivity index (χ1v) is 5.85. The molecule has 0 aliphatic carbocycles. The molecule has 20 heavy (non-hydrogen) atoms. The second-order valence-corrected chi connectivity index (χ2v) is 4.17. The maximum atomic E-state index is 11.7. The third kappa shape index (κ3) is 3.84. The molecule has 0 saturated heterocycles. The van der Waals surface area contributed by atoms with Gasteiger partial charge >= 0.3 is 12.0 Å². The van der Waals surface area contributed by atoms with Crippen LogP contribution in [0.5, 0.6) is 0 Å². The molecule has 2 amide bonds. The molecule has 104 valence electrons. The summed E-state index contributed by atoms with van der Waals surface area (Å²) in [5.74, 6) is 0.0191. The third-order valence-corrected chi connectivity index (χ3v) is 2.44. The Bertz CT molecular complexity index is 619. The number of urea groups is 1. The molecule has 0 spiro atoms. The van der Waals surface area contributed by atoms with Crippen molar-refractivity contribution >= 4 is 23.5 Å². The van der Waals surface area contributed by atoms with Gasteiger partial charge in [-0.1, -0.05) is 17.3 Å². The van der Waals surface area contributed by atoms with Crippen molar-refractivity contribution in [2.75, 3.05) is 10.6 Å². The fourth-order valence-corrected chi connectivity index (χ4v) is 1.58. The molecular weight excluding hydrogens is 262 g/mol. The predicted octanol–water partition coefficient (Wildman–Crippen LogP) is 2.25. The van der Waals surface area contributed by atoms with E-state index in [-0.39, 0.29) is 6.42 Å². The van der Waals surface area contributed by atoms with Gasteiger partial charge in [-0.3, -0.25) is 10.1 Å². The molecule has 0 saturated carbocycles. The smallest absolute Gasteiger partial charge is 0.324 e. The van der Waals surface area contributed by atoms with Gasteiger partial charge in [0.2, 0.25) is 0 Å². The number of aryl methyl sites for hydroxylation is 1. The summed E-state index contributed by atoms with van der Waals surface area (Å²) in [6.07, 6.45) is -0.0509. The van der Waals surface area contributed by atoms with Crippen molar-refractivity contribution in [2.45, 2.75) is 13.3 Å². The van der Waals surface area contributed by atoms with Crippen LogP contribution in [-0.4, -0.2) is 22.3 Å². The van der Waals surface area contributed by atoms with Gasteiger partial charge in [0.1, 0.15) is 5.76 Å². The number of hydrogen-bond acceptors (Lipinski definition) is 4. The number of carbonyl (C=O) groups excluding carboxylic acids is 1. The minimum absolute atomic E-state index is 0.0509. The van der Waals surface area contributed by atoms with Crippen LogP contribution >= 0.6 is 0 Å². The quantitative estimate of drug-likeness (QED) is 0.793. The van der Waals surface area contributed by atoms with Crippen LogP contribution in [0.25, 0.3) is 0 Å². The molecule has 0 aliphatic heterocycles. The minimum Gasteiger partial charge on any atom is -0.481 e. The van der Waals surface area contributed by atoms with E-state index in [4.69, 9.17) is 9.63 Å². The summed E-state index contributed by atoms with van der Waals surface area (Å²) in [6, 6.07) is 7.69. The lowest BCUT2D eigenvalue weighted by Gasteiger charge is -2.05. The van der Waals surface area contributed by atoms with Crippen LogP contribution in [0.15, 0.2) is 34.9 Å². The Morgan fingerprint density at radius 2 is 1.95 bits per heavy atom. The molecule has 1 aromatic carbocycles. The summed E-state index contributed by atoms with van der Waals surface area (Å²) < 4.78 is 4.82. The maximum absolute atomic E-state index is 11.7. The Hall–Kier alpha value is -2.83. The highest BCUT2D eigenvalue weighted by Crippen LogP contribution is 2.12. The van der Waals surface area contributed by atoms with Crippen molar-refractivity contribution in [3.63, 3.8) is 0 Å². The Labute approximate surface area is 114 Å². The summed E-state index contributed by atoms with van der Waals surface area (Å²) in [5.41, 5.74) is 1.22. The molecular formula is C13H13N3O4. The molecule has 0 radical (unpaired) electrons. The zero-order valence-corrected chi connectivity index (χ0v) is 10.7. The Morgan fingerprint density at radius 3 is 2.50 bits per heavy atom. The topological polar surface area (TPSA) is 104 Å². The van der Waals surface area contributed by atoms with E-state index in [1.165, 1.54) is 0 Å². The number of carbonyl (C=O) groups is 2. The first-order chi connectivity index (χ1) is 9.52. The third-order valence-electron chi connectivity index (χ3n) is 2.44. The zero-order valence-electron chi connectivity index (χ0n) is 10.7. The number of amides is 2. The Morgan fingerprint density at radius 1 is 1.25 bits per heavy atom. The van der Waals surface area contributed by atoms with E-state index < -0.39 is 12.0 Å². The van der Waals surface area contributed by atoms with Gasteiger partial charge in [0, 0.05) is 11.8 Å². The Balaban J connectivity index is 1.92. The van der Waals surface area contributed by atoms with E-state index in [2.05, 4.69) is 15.8 Å². The maximum Gasteiger partial charge on any atom is 0.324 e. The van der Waals surface area contributed by atoms with Gasteiger partial charge in [0.05, 0.1) is 6.42 Å². The fraction of sp³-hybridized carbons (Fsp3) is 0.154. The van der Waals surface area contributed by atoms with E-state index in [9.17, 15) is 9.59 Å². The van der Waals surface area contributed by atoms with Gasteiger partial charge in [-0.15, -0.1) is 0 Å². The second kappa shape index (κ2) is 5.87. The number of nitrogens with one attached hydrogen (secondary N) is 2. The van der Waals surface area contributed by atoms with Gasteiger partial charge in [-0.25, -0.2) is 4.79 Å². The highest BCUT2D eigenvalue weighted by Gasteiger charge is 2.06. The summed E-state index contributed by atoms with van der Waals surface area (Å²) in [6.45, 7) is 1.72. The van der Waals surface area contributed by atoms with E-state index in [0.717, 1.165) is 0 Å². The first kappa shape index (κ1) is 13.6. The van der Waals surface area contributed by atoms with Crippen molar-refractivity contribution in [2.24, 2.45) is 0 Å². The molecule has 2 rings (SSSR count). The second-order valence-electron chi connectivity index (χ2n) is 4.17. The molecule has 7 nitrogen and oxygen atoms in total. The van der Waals surface area contributed by atoms with E-state index in [1.807, 2.05) is 0 Å². The molecule has 0 unspecified atom stereocenters. The SMILES string of the molecule is Cc1cc(NC(=O)Nc2ccc(CC(=O)O)cc2)no1. The van der Waals surface area contributed by atoms with Crippen LogP contribution in [0.3, 0.4) is 0 Å². The molecule has 0 fully saturated rings. The summed E-state index contributed by atoms with van der Waals surface area (Å²) in [7, 11) is 0. The van der Waals surface area contributed by atoms with E-state index in [1.54, 1.807) is 37.3 Å². The van der Waals surface area contributed by atoms with Crippen molar-refractivity contribution in [1.82, 2.24) is 5.16 Å². The molecule has 3 N–H and O–H groups in total. The van der Waals surface area contributed by atoms with Crippen LogP contribution in [0, 0.1) is 6.92 Å². The summed E-state index contributed by atoms with van der Waals surface area (Å²) in [4.78, 5) is 22.2. The first-order valence-electron chi connectivity index (χ1n) is 5.85. The van der Waals surface area contributed by atoms with E-state index in [0.29, 0.717) is 22.8 Å². The number of benzene rings is 1. The average Bonchev–Trinajstić information content (AvgIpc) is 2.76. The monoisotopic (exact) mass is 275 g/mol. The van der Waals surface area contributed by atoms with Gasteiger partial charge in [0.25, 0.3) is 0 Å². The Kier molecular flexibility index (Phi) is 3.99. The number of hydrogen-bond donors (Lipinski definition) is 3. The van der Waals surface area contributed by atoms with Crippen LogP contribution in [0.4, 0.5) is 16.3 Å². The molecule has 1 aromatic heterocycles. The number of aliphatic carboxylic acids is 1. The van der Waals surface area contributed by atoms with Crippen molar-refractivity contribution in [3.8, 4) is 0 Å². The molecule has 7 heteroatoms. The normalized spacial score (nSPS) is 10.1. The van der Waals surface area contributed by atoms with Crippen LogP contribution in [-0.2, 0) is 11.2 Å². The molecule has 0 atom stereocenters.